The number of amides is 1. The number of carbonyl (C=O) groups is 1. The average Bonchev–Trinajstić information content (AvgIpc) is 2.89. The second-order valence-electron chi connectivity index (χ2n) is 7.96. The molecule has 8 nitrogen and oxygen atoms in total. The molecule has 0 atom stereocenters. The zero-order valence-electron chi connectivity index (χ0n) is 19.7. The van der Waals surface area contributed by atoms with Crippen molar-refractivity contribution in [2.24, 2.45) is 5.10 Å². The number of benzene rings is 4. The van der Waals surface area contributed by atoms with Crippen LogP contribution in [0, 0.1) is 10.1 Å². The molecule has 182 valence electrons. The lowest BCUT2D eigenvalue weighted by Gasteiger charge is -2.12. The van der Waals surface area contributed by atoms with Crippen LogP contribution in [-0.4, -0.2) is 23.7 Å². The molecule has 0 radical (unpaired) electrons. The van der Waals surface area contributed by atoms with Crippen LogP contribution in [0.25, 0.3) is 10.8 Å². The molecule has 36 heavy (non-hydrogen) atoms. The Bertz CT molecular complexity index is 1380. The molecule has 8 heteroatoms. The van der Waals surface area contributed by atoms with Gasteiger partial charge in [-0.2, -0.15) is 5.10 Å². The molecule has 0 saturated heterocycles. The maximum atomic E-state index is 12.4. The van der Waals surface area contributed by atoms with E-state index >= 15 is 0 Å². The summed E-state index contributed by atoms with van der Waals surface area (Å²) in [5.74, 6) is 1.09. The summed E-state index contributed by atoms with van der Waals surface area (Å²) in [4.78, 5) is 22.8. The average molecular weight is 484 g/mol. The maximum Gasteiger partial charge on any atom is 0.269 e. The maximum absolute atomic E-state index is 12.4. The Morgan fingerprint density at radius 2 is 1.67 bits per heavy atom. The highest BCUT2D eigenvalue weighted by Crippen LogP contribution is 2.27. The van der Waals surface area contributed by atoms with Crippen molar-refractivity contribution in [3.05, 3.63) is 112 Å². The standard InChI is InChI=1S/C28H25N3O5/c1-2-35-24-14-9-20(10-15-24)17-28(32)30-29-18-26-25-6-4-3-5-22(25)11-16-27(26)36-19-21-7-12-23(13-8-21)31(33)34/h3-16,18H,2,17,19H2,1H3,(H,30,32)/b29-18-. The highest BCUT2D eigenvalue weighted by molar-refractivity contribution is 6.02. The summed E-state index contributed by atoms with van der Waals surface area (Å²) >= 11 is 0. The zero-order chi connectivity index (χ0) is 25.3. The minimum absolute atomic E-state index is 0.0262. The zero-order valence-corrected chi connectivity index (χ0v) is 19.7. The van der Waals surface area contributed by atoms with E-state index in [0.29, 0.717) is 12.4 Å². The fourth-order valence-electron chi connectivity index (χ4n) is 3.67. The number of hydrogen-bond acceptors (Lipinski definition) is 6. The van der Waals surface area contributed by atoms with Crippen LogP contribution in [0.3, 0.4) is 0 Å². The summed E-state index contributed by atoms with van der Waals surface area (Å²) in [6.45, 7) is 2.73. The predicted molar refractivity (Wildman–Crippen MR) is 138 cm³/mol. The molecule has 0 aliphatic carbocycles. The number of hydrazone groups is 1. The molecule has 0 heterocycles. The third kappa shape index (κ3) is 6.24. The summed E-state index contributed by atoms with van der Waals surface area (Å²) in [5.41, 5.74) is 4.97. The molecule has 0 bridgehead atoms. The molecule has 0 unspecified atom stereocenters. The van der Waals surface area contributed by atoms with E-state index in [0.717, 1.165) is 33.2 Å². The molecular formula is C28H25N3O5. The molecule has 0 fully saturated rings. The van der Waals surface area contributed by atoms with Gasteiger partial charge in [0, 0.05) is 17.7 Å². The Balaban J connectivity index is 1.47. The third-order valence-corrected chi connectivity index (χ3v) is 5.45. The van der Waals surface area contributed by atoms with Crippen LogP contribution in [0.1, 0.15) is 23.6 Å². The topological polar surface area (TPSA) is 103 Å². The first-order valence-corrected chi connectivity index (χ1v) is 11.4. The van der Waals surface area contributed by atoms with Crippen LogP contribution < -0.4 is 14.9 Å². The molecule has 4 aromatic rings. The smallest absolute Gasteiger partial charge is 0.269 e. The van der Waals surface area contributed by atoms with Gasteiger partial charge in [-0.15, -0.1) is 0 Å². The van der Waals surface area contributed by atoms with Gasteiger partial charge in [0.25, 0.3) is 5.69 Å². The minimum Gasteiger partial charge on any atom is -0.494 e. The first-order valence-electron chi connectivity index (χ1n) is 11.4. The summed E-state index contributed by atoms with van der Waals surface area (Å²) in [6, 6.07) is 25.2. The van der Waals surface area contributed by atoms with E-state index in [1.807, 2.05) is 67.6 Å². The van der Waals surface area contributed by atoms with Crippen molar-refractivity contribution in [2.45, 2.75) is 20.0 Å². The Hall–Kier alpha value is -4.72. The molecule has 0 aliphatic heterocycles. The van der Waals surface area contributed by atoms with Gasteiger partial charge in [0.05, 0.1) is 24.2 Å². The quantitative estimate of drug-likeness (QED) is 0.184. The van der Waals surface area contributed by atoms with E-state index in [4.69, 9.17) is 9.47 Å². The van der Waals surface area contributed by atoms with E-state index in [2.05, 4.69) is 10.5 Å². The van der Waals surface area contributed by atoms with Crippen LogP contribution in [0.4, 0.5) is 5.69 Å². The fraction of sp³-hybridized carbons (Fsp3) is 0.143. The number of nitrogens with one attached hydrogen (secondary N) is 1. The van der Waals surface area contributed by atoms with Gasteiger partial charge in [-0.25, -0.2) is 5.43 Å². The summed E-state index contributed by atoms with van der Waals surface area (Å²) < 4.78 is 11.5. The Morgan fingerprint density at radius 1 is 0.944 bits per heavy atom. The molecule has 0 saturated carbocycles. The second kappa shape index (κ2) is 11.6. The van der Waals surface area contributed by atoms with Crippen molar-refractivity contribution in [1.29, 1.82) is 0 Å². The van der Waals surface area contributed by atoms with Gasteiger partial charge in [0.15, 0.2) is 0 Å². The monoisotopic (exact) mass is 483 g/mol. The summed E-state index contributed by atoms with van der Waals surface area (Å²) in [5, 5.41) is 17.0. The van der Waals surface area contributed by atoms with E-state index < -0.39 is 4.92 Å². The molecule has 1 amide bonds. The van der Waals surface area contributed by atoms with Crippen LogP contribution >= 0.6 is 0 Å². The van der Waals surface area contributed by atoms with Gasteiger partial charge < -0.3 is 9.47 Å². The number of nitro benzene ring substituents is 1. The molecular weight excluding hydrogens is 458 g/mol. The van der Waals surface area contributed by atoms with Crippen molar-refractivity contribution >= 4 is 28.6 Å². The van der Waals surface area contributed by atoms with Crippen LogP contribution in [0.2, 0.25) is 0 Å². The number of hydrogen-bond donors (Lipinski definition) is 1. The van der Waals surface area contributed by atoms with Crippen molar-refractivity contribution in [1.82, 2.24) is 5.43 Å². The molecule has 0 aromatic heterocycles. The largest absolute Gasteiger partial charge is 0.494 e. The van der Waals surface area contributed by atoms with Gasteiger partial charge in [-0.3, -0.25) is 14.9 Å². The number of nitro groups is 1. The Labute approximate surface area is 208 Å². The highest BCUT2D eigenvalue weighted by atomic mass is 16.6. The SMILES string of the molecule is CCOc1ccc(CC(=O)N/N=C\c2c(OCc3ccc([N+](=O)[O-])cc3)ccc3ccccc23)cc1. The van der Waals surface area contributed by atoms with Gasteiger partial charge in [0.1, 0.15) is 18.1 Å². The van der Waals surface area contributed by atoms with Crippen LogP contribution in [0.15, 0.2) is 90.0 Å². The Kier molecular flexibility index (Phi) is 7.87. The van der Waals surface area contributed by atoms with E-state index in [1.54, 1.807) is 18.3 Å². The van der Waals surface area contributed by atoms with Gasteiger partial charge >= 0.3 is 0 Å². The summed E-state index contributed by atoms with van der Waals surface area (Å²) in [6.07, 6.45) is 1.76. The molecule has 0 spiro atoms. The molecule has 4 rings (SSSR count). The van der Waals surface area contributed by atoms with Gasteiger partial charge in [-0.05, 0) is 59.2 Å². The van der Waals surface area contributed by atoms with Crippen LogP contribution in [-0.2, 0) is 17.8 Å². The van der Waals surface area contributed by atoms with E-state index in [-0.39, 0.29) is 24.6 Å². The lowest BCUT2D eigenvalue weighted by molar-refractivity contribution is -0.384. The molecule has 4 aromatic carbocycles. The first-order chi connectivity index (χ1) is 17.5. The lowest BCUT2D eigenvalue weighted by Crippen LogP contribution is -2.19. The number of ether oxygens (including phenoxy) is 2. The lowest BCUT2D eigenvalue weighted by atomic mass is 10.0. The normalized spacial score (nSPS) is 10.9. The number of fused-ring (bicyclic) bond motifs is 1. The summed E-state index contributed by atoms with van der Waals surface area (Å²) in [7, 11) is 0. The number of nitrogens with zero attached hydrogens (tertiary/aromatic N) is 2. The first kappa shape index (κ1) is 24.4. The Morgan fingerprint density at radius 3 is 2.39 bits per heavy atom. The van der Waals surface area contributed by atoms with Crippen molar-refractivity contribution in [2.75, 3.05) is 6.61 Å². The predicted octanol–water partition coefficient (Wildman–Crippen LogP) is 5.42. The number of rotatable bonds is 10. The van der Waals surface area contributed by atoms with Gasteiger partial charge in [-0.1, -0.05) is 42.5 Å². The van der Waals surface area contributed by atoms with Gasteiger partial charge in [0.2, 0.25) is 5.91 Å². The van der Waals surface area contributed by atoms with Crippen molar-refractivity contribution in [3.63, 3.8) is 0 Å². The number of carbonyl (C=O) groups excluding carboxylic acids is 1. The number of non-ortho nitro benzene ring substituents is 1. The van der Waals surface area contributed by atoms with Crippen molar-refractivity contribution < 1.29 is 19.2 Å². The fourth-order valence-corrected chi connectivity index (χ4v) is 3.67. The third-order valence-electron chi connectivity index (χ3n) is 5.45. The van der Waals surface area contributed by atoms with E-state index in [9.17, 15) is 14.9 Å². The second-order valence-corrected chi connectivity index (χ2v) is 7.96. The molecule has 0 aliphatic rings. The highest BCUT2D eigenvalue weighted by Gasteiger charge is 2.10. The minimum atomic E-state index is -0.438. The van der Waals surface area contributed by atoms with Crippen LogP contribution in [0.5, 0.6) is 11.5 Å². The van der Waals surface area contributed by atoms with E-state index in [1.165, 1.54) is 12.1 Å². The molecule has 1 N–H and O–H groups in total. The van der Waals surface area contributed by atoms with Crippen molar-refractivity contribution in [3.8, 4) is 11.5 Å².